The summed E-state index contributed by atoms with van der Waals surface area (Å²) in [7, 11) is 1.65. The fourth-order valence-electron chi connectivity index (χ4n) is 1.59. The van der Waals surface area contributed by atoms with Crippen LogP contribution in [-0.4, -0.2) is 37.1 Å². The molecule has 5 heteroatoms. The van der Waals surface area contributed by atoms with Crippen molar-refractivity contribution in [1.29, 1.82) is 0 Å². The Kier molecular flexibility index (Phi) is 6.80. The van der Waals surface area contributed by atoms with Crippen LogP contribution in [0.1, 0.15) is 40.5 Å². The summed E-state index contributed by atoms with van der Waals surface area (Å²) < 4.78 is 5.21. The van der Waals surface area contributed by atoms with E-state index in [4.69, 9.17) is 4.74 Å². The third kappa shape index (κ3) is 6.94. The predicted octanol–water partition coefficient (Wildman–Crippen LogP) is 0.832. The SMILES string of the molecule is CCC(C)(CC(C)OC)NC(=O)CNC(C)=O. The predicted molar refractivity (Wildman–Crippen MR) is 66.6 cm³/mol. The molecule has 0 heterocycles. The normalized spacial score (nSPS) is 15.8. The Balaban J connectivity index is 4.26. The van der Waals surface area contributed by atoms with Crippen LogP contribution in [0.4, 0.5) is 0 Å². The molecule has 0 bridgehead atoms. The summed E-state index contributed by atoms with van der Waals surface area (Å²) in [6.45, 7) is 7.37. The molecule has 0 spiro atoms. The quantitative estimate of drug-likeness (QED) is 0.697. The Morgan fingerprint density at radius 3 is 2.41 bits per heavy atom. The molecule has 17 heavy (non-hydrogen) atoms. The number of ether oxygens (including phenoxy) is 1. The molecule has 0 aromatic carbocycles. The van der Waals surface area contributed by atoms with Gasteiger partial charge in [-0.1, -0.05) is 6.92 Å². The summed E-state index contributed by atoms with van der Waals surface area (Å²) in [6, 6.07) is 0. The molecule has 2 unspecified atom stereocenters. The number of amides is 2. The maximum atomic E-state index is 11.6. The van der Waals surface area contributed by atoms with Gasteiger partial charge in [0.15, 0.2) is 0 Å². The van der Waals surface area contributed by atoms with Gasteiger partial charge in [-0.25, -0.2) is 0 Å². The molecular weight excluding hydrogens is 220 g/mol. The third-order valence-corrected chi connectivity index (χ3v) is 2.86. The van der Waals surface area contributed by atoms with Gasteiger partial charge >= 0.3 is 0 Å². The molecule has 0 fully saturated rings. The van der Waals surface area contributed by atoms with E-state index >= 15 is 0 Å². The van der Waals surface area contributed by atoms with Crippen molar-refractivity contribution in [2.24, 2.45) is 0 Å². The lowest BCUT2D eigenvalue weighted by Gasteiger charge is -2.32. The summed E-state index contributed by atoms with van der Waals surface area (Å²) in [5.41, 5.74) is -0.301. The van der Waals surface area contributed by atoms with Crippen molar-refractivity contribution in [3.8, 4) is 0 Å². The minimum absolute atomic E-state index is 0.0201. The Hall–Kier alpha value is -1.10. The van der Waals surface area contributed by atoms with Crippen LogP contribution in [-0.2, 0) is 14.3 Å². The number of hydrogen-bond donors (Lipinski definition) is 2. The summed E-state index contributed by atoms with van der Waals surface area (Å²) in [4.78, 5) is 22.3. The maximum absolute atomic E-state index is 11.6. The van der Waals surface area contributed by atoms with E-state index in [1.54, 1.807) is 7.11 Å². The monoisotopic (exact) mass is 244 g/mol. The standard InChI is InChI=1S/C12H24N2O3/c1-6-12(4,7-9(2)17-5)14-11(16)8-13-10(3)15/h9H,6-8H2,1-5H3,(H,13,15)(H,14,16). The van der Waals surface area contributed by atoms with Crippen molar-refractivity contribution < 1.29 is 14.3 Å². The highest BCUT2D eigenvalue weighted by molar-refractivity contribution is 5.84. The van der Waals surface area contributed by atoms with E-state index in [2.05, 4.69) is 10.6 Å². The van der Waals surface area contributed by atoms with Gasteiger partial charge in [0.25, 0.3) is 0 Å². The van der Waals surface area contributed by atoms with Gasteiger partial charge in [-0.05, 0) is 26.7 Å². The second kappa shape index (κ2) is 7.27. The highest BCUT2D eigenvalue weighted by Crippen LogP contribution is 2.17. The summed E-state index contributed by atoms with van der Waals surface area (Å²) in [5.74, 6) is -0.378. The molecule has 0 aromatic rings. The van der Waals surface area contributed by atoms with Crippen LogP contribution in [0.15, 0.2) is 0 Å². The average molecular weight is 244 g/mol. The molecule has 5 nitrogen and oxygen atoms in total. The van der Waals surface area contributed by atoms with Gasteiger partial charge in [0.05, 0.1) is 12.6 Å². The summed E-state index contributed by atoms with van der Waals surface area (Å²) in [6.07, 6.45) is 1.64. The average Bonchev–Trinajstić information content (AvgIpc) is 2.26. The largest absolute Gasteiger partial charge is 0.382 e. The van der Waals surface area contributed by atoms with Crippen LogP contribution in [0.3, 0.4) is 0 Å². The van der Waals surface area contributed by atoms with Crippen LogP contribution < -0.4 is 10.6 Å². The number of nitrogens with one attached hydrogen (secondary N) is 2. The second-order valence-electron chi connectivity index (χ2n) is 4.62. The van der Waals surface area contributed by atoms with Crippen LogP contribution in [0.25, 0.3) is 0 Å². The molecule has 2 atom stereocenters. The lowest BCUT2D eigenvalue weighted by atomic mass is 9.91. The van der Waals surface area contributed by atoms with E-state index < -0.39 is 0 Å². The fraction of sp³-hybridized carbons (Fsp3) is 0.833. The van der Waals surface area contributed by atoms with Crippen molar-refractivity contribution in [3.05, 3.63) is 0 Å². The van der Waals surface area contributed by atoms with Gasteiger partial charge < -0.3 is 15.4 Å². The first-order valence-corrected chi connectivity index (χ1v) is 5.91. The number of methoxy groups -OCH3 is 1. The van der Waals surface area contributed by atoms with Crippen molar-refractivity contribution in [3.63, 3.8) is 0 Å². The molecule has 0 saturated carbocycles. The Morgan fingerprint density at radius 1 is 1.41 bits per heavy atom. The Labute approximate surface area is 103 Å². The van der Waals surface area contributed by atoms with E-state index in [1.165, 1.54) is 6.92 Å². The van der Waals surface area contributed by atoms with Gasteiger partial charge in [0.2, 0.25) is 11.8 Å². The fourth-order valence-corrected chi connectivity index (χ4v) is 1.59. The highest BCUT2D eigenvalue weighted by Gasteiger charge is 2.26. The first kappa shape index (κ1) is 15.9. The zero-order valence-corrected chi connectivity index (χ0v) is 11.4. The van der Waals surface area contributed by atoms with Crippen LogP contribution in [0.2, 0.25) is 0 Å². The van der Waals surface area contributed by atoms with Crippen LogP contribution in [0.5, 0.6) is 0 Å². The third-order valence-electron chi connectivity index (χ3n) is 2.86. The number of carbonyl (C=O) groups excluding carboxylic acids is 2. The molecule has 2 amide bonds. The summed E-state index contributed by atoms with van der Waals surface area (Å²) in [5, 5.41) is 5.41. The minimum atomic E-state index is -0.301. The van der Waals surface area contributed by atoms with E-state index in [9.17, 15) is 9.59 Å². The Morgan fingerprint density at radius 2 is 2.00 bits per heavy atom. The van der Waals surface area contributed by atoms with Crippen molar-refractivity contribution in [2.45, 2.75) is 52.2 Å². The molecule has 0 rings (SSSR count). The zero-order chi connectivity index (χ0) is 13.5. The van der Waals surface area contributed by atoms with Gasteiger partial charge in [-0.2, -0.15) is 0 Å². The zero-order valence-electron chi connectivity index (χ0n) is 11.4. The minimum Gasteiger partial charge on any atom is -0.382 e. The summed E-state index contributed by atoms with van der Waals surface area (Å²) >= 11 is 0. The number of hydrogen-bond acceptors (Lipinski definition) is 3. The van der Waals surface area contributed by atoms with Gasteiger partial charge in [-0.3, -0.25) is 9.59 Å². The highest BCUT2D eigenvalue weighted by atomic mass is 16.5. The first-order chi connectivity index (χ1) is 7.83. The molecule has 0 radical (unpaired) electrons. The maximum Gasteiger partial charge on any atom is 0.239 e. The molecule has 0 aliphatic rings. The van der Waals surface area contributed by atoms with Gasteiger partial charge in [0.1, 0.15) is 0 Å². The van der Waals surface area contributed by atoms with Gasteiger partial charge in [-0.15, -0.1) is 0 Å². The topological polar surface area (TPSA) is 67.4 Å². The van der Waals surface area contributed by atoms with E-state index in [0.717, 1.165) is 12.8 Å². The number of rotatable bonds is 7. The van der Waals surface area contributed by atoms with E-state index in [0.29, 0.717) is 0 Å². The number of carbonyl (C=O) groups is 2. The smallest absolute Gasteiger partial charge is 0.239 e. The second-order valence-corrected chi connectivity index (χ2v) is 4.62. The lowest BCUT2D eigenvalue weighted by Crippen LogP contribution is -2.50. The van der Waals surface area contributed by atoms with Crippen LogP contribution in [0, 0.1) is 0 Å². The van der Waals surface area contributed by atoms with Crippen molar-refractivity contribution in [1.82, 2.24) is 10.6 Å². The molecule has 2 N–H and O–H groups in total. The Bertz CT molecular complexity index is 268. The molecule has 100 valence electrons. The van der Waals surface area contributed by atoms with Crippen molar-refractivity contribution in [2.75, 3.05) is 13.7 Å². The van der Waals surface area contributed by atoms with Gasteiger partial charge in [0, 0.05) is 19.6 Å². The molecule has 0 saturated heterocycles. The van der Waals surface area contributed by atoms with E-state index in [-0.39, 0.29) is 30.0 Å². The molecule has 0 aromatic heterocycles. The lowest BCUT2D eigenvalue weighted by molar-refractivity contribution is -0.126. The molecular formula is C12H24N2O3. The van der Waals surface area contributed by atoms with Crippen molar-refractivity contribution >= 4 is 11.8 Å². The molecule has 0 aliphatic heterocycles. The van der Waals surface area contributed by atoms with Crippen LogP contribution >= 0.6 is 0 Å². The van der Waals surface area contributed by atoms with E-state index in [1.807, 2.05) is 20.8 Å². The first-order valence-electron chi connectivity index (χ1n) is 5.91. The molecule has 0 aliphatic carbocycles.